The van der Waals surface area contributed by atoms with Crippen molar-refractivity contribution >= 4 is 34.6 Å². The lowest BCUT2D eigenvalue weighted by atomic mass is 10.1. The lowest BCUT2D eigenvalue weighted by Crippen LogP contribution is -2.26. The fourth-order valence-electron chi connectivity index (χ4n) is 4.01. The van der Waals surface area contributed by atoms with Crippen molar-refractivity contribution in [2.24, 2.45) is 5.73 Å². The van der Waals surface area contributed by atoms with Crippen LogP contribution < -0.4 is 32.0 Å². The highest BCUT2D eigenvalue weighted by atomic mass is 19.1. The predicted octanol–water partition coefficient (Wildman–Crippen LogP) is 5.14. The number of anilines is 2. The lowest BCUT2D eigenvalue weighted by Gasteiger charge is -2.09. The van der Waals surface area contributed by atoms with Gasteiger partial charge in [0.2, 0.25) is 0 Å². The number of nitrogen functional groups attached to an aromatic ring is 2. The van der Waals surface area contributed by atoms with Crippen molar-refractivity contribution in [2.75, 3.05) is 38.8 Å². The summed E-state index contributed by atoms with van der Waals surface area (Å²) in [6.07, 6.45) is 0.851. The Bertz CT molecular complexity index is 1810. The van der Waals surface area contributed by atoms with Crippen LogP contribution in [0.4, 0.5) is 31.5 Å². The van der Waals surface area contributed by atoms with E-state index in [2.05, 4.69) is 5.32 Å². The van der Waals surface area contributed by atoms with Gasteiger partial charge >= 0.3 is 5.97 Å². The highest BCUT2D eigenvalue weighted by Gasteiger charge is 2.15. The topological polar surface area (TPSA) is 249 Å². The number of carbonyl (C=O) groups excluding carboxylic acids is 1. The second kappa shape index (κ2) is 20.1. The molecule has 0 bridgehead atoms. The molecule has 0 radical (unpaired) electrons. The third-order valence-electron chi connectivity index (χ3n) is 6.58. The number of amides is 1. The molecule has 0 spiro atoms. The summed E-state index contributed by atoms with van der Waals surface area (Å²) in [6.45, 7) is 0.655. The number of methoxy groups -OCH3 is 2. The number of hydrogen-bond donors (Lipinski definition) is 5. The van der Waals surface area contributed by atoms with Crippen LogP contribution in [0.5, 0.6) is 11.5 Å². The molecule has 0 aromatic heterocycles. The van der Waals surface area contributed by atoms with E-state index in [9.17, 15) is 38.6 Å². The molecule has 268 valence electrons. The molecule has 0 aliphatic rings. The number of nitro groups is 2. The number of carboxylic acids is 1. The van der Waals surface area contributed by atoms with Crippen molar-refractivity contribution in [1.82, 2.24) is 5.32 Å². The number of aromatic carboxylic acids is 1. The van der Waals surface area contributed by atoms with Crippen LogP contribution in [-0.2, 0) is 12.8 Å². The first kappa shape index (κ1) is 41.7. The molecule has 0 fully saturated rings. The standard InChI is InChI=1S/C16H16FN3O4.C9H12FNO.C7H6N2O4.CH4/c1-24-12-4-2-10(14(17)9-12)6-7-19-16(21)13-5-3-11(20(22)23)8-15(13)18;1-12-8-3-2-7(4-5-11)9(10)6-8;8-6-3-4(9(12)13)1-2-5(6)7(10)11;/h2-5,8-9H,6-7,18H2,1H3,(H,19,21);2-3,6H,4-5,11H2,1H3;1-3H,8H2,(H,10,11);1H4. The highest BCUT2D eigenvalue weighted by Crippen LogP contribution is 2.21. The summed E-state index contributed by atoms with van der Waals surface area (Å²) in [4.78, 5) is 42.2. The van der Waals surface area contributed by atoms with E-state index < -0.39 is 27.5 Å². The first-order chi connectivity index (χ1) is 23.2. The molecule has 15 nitrogen and oxygen atoms in total. The van der Waals surface area contributed by atoms with E-state index in [-0.39, 0.29) is 60.1 Å². The summed E-state index contributed by atoms with van der Waals surface area (Å²) in [7, 11) is 2.96. The summed E-state index contributed by atoms with van der Waals surface area (Å²) in [6, 6.07) is 16.1. The Morgan fingerprint density at radius 2 is 1.20 bits per heavy atom. The second-order valence-electron chi connectivity index (χ2n) is 9.82. The number of hydrogen-bond acceptors (Lipinski definition) is 11. The molecule has 17 heteroatoms. The molecule has 0 heterocycles. The number of halogens is 2. The minimum absolute atomic E-state index is 0. The van der Waals surface area contributed by atoms with Crippen LogP contribution >= 0.6 is 0 Å². The summed E-state index contributed by atoms with van der Waals surface area (Å²) in [5.74, 6) is -1.39. The molecule has 1 amide bonds. The highest BCUT2D eigenvalue weighted by molar-refractivity contribution is 5.99. The van der Waals surface area contributed by atoms with Gasteiger partial charge in [-0.25, -0.2) is 13.6 Å². The molecule has 0 saturated carbocycles. The molecule has 0 unspecified atom stereocenters. The van der Waals surface area contributed by atoms with E-state index in [1.165, 1.54) is 38.5 Å². The van der Waals surface area contributed by atoms with Gasteiger partial charge in [-0.3, -0.25) is 25.0 Å². The van der Waals surface area contributed by atoms with Crippen molar-refractivity contribution in [3.8, 4) is 11.5 Å². The third kappa shape index (κ3) is 12.3. The Morgan fingerprint density at radius 1 is 0.760 bits per heavy atom. The van der Waals surface area contributed by atoms with Crippen molar-refractivity contribution in [3.05, 3.63) is 127 Å². The maximum absolute atomic E-state index is 13.8. The Kier molecular flexibility index (Phi) is 16.8. The fourth-order valence-corrected chi connectivity index (χ4v) is 4.01. The minimum atomic E-state index is -1.20. The number of nitrogens with two attached hydrogens (primary N) is 3. The molecular weight excluding hydrogens is 662 g/mol. The Labute approximate surface area is 285 Å². The second-order valence-corrected chi connectivity index (χ2v) is 9.82. The number of carbonyl (C=O) groups is 2. The first-order valence-electron chi connectivity index (χ1n) is 14.2. The lowest BCUT2D eigenvalue weighted by molar-refractivity contribution is -0.385. The maximum atomic E-state index is 13.8. The number of ether oxygens (including phenoxy) is 2. The summed E-state index contributed by atoms with van der Waals surface area (Å²) >= 11 is 0. The molecule has 0 atom stereocenters. The number of nitrogens with one attached hydrogen (secondary N) is 1. The molecule has 0 saturated heterocycles. The zero-order valence-corrected chi connectivity index (χ0v) is 26.4. The van der Waals surface area contributed by atoms with Crippen molar-refractivity contribution in [3.63, 3.8) is 0 Å². The van der Waals surface area contributed by atoms with Crippen molar-refractivity contribution in [1.29, 1.82) is 0 Å². The molecule has 4 rings (SSSR count). The van der Waals surface area contributed by atoms with Gasteiger partial charge in [-0.05, 0) is 54.8 Å². The summed E-state index contributed by atoms with van der Waals surface area (Å²) < 4.78 is 36.7. The fraction of sp³-hybridized carbons (Fsp3) is 0.212. The maximum Gasteiger partial charge on any atom is 0.337 e. The Morgan fingerprint density at radius 3 is 1.56 bits per heavy atom. The summed E-state index contributed by atoms with van der Waals surface area (Å²) in [5, 5.41) is 32.0. The number of nitro benzene ring substituents is 2. The SMILES string of the molecule is C.COc1ccc(CCN)c(F)c1.COc1ccc(CCNC(=O)c2ccc([N+](=O)[O-])cc2N)c(F)c1.Nc1cc([N+](=O)[O-])ccc1C(=O)O. The number of benzene rings is 4. The number of rotatable bonds is 11. The van der Waals surface area contributed by atoms with Gasteiger partial charge in [0, 0.05) is 42.9 Å². The zero-order chi connectivity index (χ0) is 36.7. The van der Waals surface area contributed by atoms with E-state index in [4.69, 9.17) is 31.8 Å². The van der Waals surface area contributed by atoms with Crippen LogP contribution in [0.15, 0.2) is 72.8 Å². The van der Waals surface area contributed by atoms with Crippen LogP contribution in [-0.4, -0.2) is 54.1 Å². The van der Waals surface area contributed by atoms with Gasteiger partial charge in [-0.2, -0.15) is 0 Å². The van der Waals surface area contributed by atoms with Crippen LogP contribution in [0.3, 0.4) is 0 Å². The molecule has 8 N–H and O–H groups in total. The average Bonchev–Trinajstić information content (AvgIpc) is 3.06. The predicted molar refractivity (Wildman–Crippen MR) is 183 cm³/mol. The molecule has 0 aliphatic carbocycles. The van der Waals surface area contributed by atoms with E-state index in [0.717, 1.165) is 24.3 Å². The largest absolute Gasteiger partial charge is 0.497 e. The molecular formula is C33H38F2N6O9. The monoisotopic (exact) mass is 700 g/mol. The number of carboxylic acid groups (broad SMARTS) is 1. The quantitative estimate of drug-likeness (QED) is 0.0775. The van der Waals surface area contributed by atoms with Crippen molar-refractivity contribution in [2.45, 2.75) is 20.3 Å². The Hall–Kier alpha value is -6.36. The van der Waals surface area contributed by atoms with Gasteiger partial charge in [0.1, 0.15) is 23.1 Å². The van der Waals surface area contributed by atoms with Gasteiger partial charge in [-0.15, -0.1) is 0 Å². The molecule has 4 aromatic carbocycles. The normalized spacial score (nSPS) is 9.78. The van der Waals surface area contributed by atoms with Crippen LogP contribution in [0, 0.1) is 31.9 Å². The number of non-ortho nitro benzene ring substituents is 2. The molecule has 4 aromatic rings. The number of nitrogens with zero attached hydrogens (tertiary/aromatic N) is 2. The smallest absolute Gasteiger partial charge is 0.337 e. The van der Waals surface area contributed by atoms with Gasteiger partial charge in [0.15, 0.2) is 0 Å². The van der Waals surface area contributed by atoms with E-state index in [1.54, 1.807) is 24.3 Å². The first-order valence-corrected chi connectivity index (χ1v) is 14.2. The van der Waals surface area contributed by atoms with Crippen LogP contribution in [0.1, 0.15) is 39.3 Å². The minimum Gasteiger partial charge on any atom is -0.497 e. The van der Waals surface area contributed by atoms with Gasteiger partial charge in [0.05, 0.1) is 46.6 Å². The van der Waals surface area contributed by atoms with Gasteiger partial charge < -0.3 is 37.1 Å². The molecule has 50 heavy (non-hydrogen) atoms. The van der Waals surface area contributed by atoms with Gasteiger partial charge in [0.25, 0.3) is 17.3 Å². The summed E-state index contributed by atoms with van der Waals surface area (Å²) in [5.41, 5.74) is 16.8. The van der Waals surface area contributed by atoms with Gasteiger partial charge in [-0.1, -0.05) is 19.6 Å². The molecule has 0 aliphatic heterocycles. The average molecular weight is 701 g/mol. The Balaban J connectivity index is 0.000000407. The zero-order valence-electron chi connectivity index (χ0n) is 26.4. The van der Waals surface area contributed by atoms with E-state index >= 15 is 0 Å². The third-order valence-corrected chi connectivity index (χ3v) is 6.58. The van der Waals surface area contributed by atoms with Crippen molar-refractivity contribution < 1.29 is 42.8 Å². The van der Waals surface area contributed by atoms with Crippen LogP contribution in [0.2, 0.25) is 0 Å². The van der Waals surface area contributed by atoms with E-state index in [0.29, 0.717) is 35.6 Å². The van der Waals surface area contributed by atoms with E-state index in [1.807, 2.05) is 0 Å². The van der Waals surface area contributed by atoms with Crippen LogP contribution in [0.25, 0.3) is 0 Å².